The van der Waals surface area contributed by atoms with Crippen LogP contribution in [0.25, 0.3) is 0 Å². The molecule has 0 radical (unpaired) electrons. The number of thiol groups is 1. The molecule has 5 nitrogen and oxygen atoms in total. The van der Waals surface area contributed by atoms with Crippen LogP contribution in [0.5, 0.6) is 0 Å². The molecule has 0 bridgehead atoms. The zero-order valence-corrected chi connectivity index (χ0v) is 11.6. The molecule has 0 amide bonds. The lowest BCUT2D eigenvalue weighted by molar-refractivity contribution is -0.292. The molecule has 1 saturated heterocycles. The van der Waals surface area contributed by atoms with Gasteiger partial charge in [0, 0.05) is 12.4 Å². The van der Waals surface area contributed by atoms with Crippen molar-refractivity contribution in [2.24, 2.45) is 0 Å². The first-order valence-electron chi connectivity index (χ1n) is 6.54. The van der Waals surface area contributed by atoms with E-state index >= 15 is 0 Å². The van der Waals surface area contributed by atoms with Gasteiger partial charge in [-0.1, -0.05) is 26.2 Å². The first-order valence-corrected chi connectivity index (χ1v) is 7.17. The molecule has 1 heterocycles. The van der Waals surface area contributed by atoms with Gasteiger partial charge >= 0.3 is 0 Å². The fourth-order valence-corrected chi connectivity index (χ4v) is 2.24. The summed E-state index contributed by atoms with van der Waals surface area (Å²) in [5, 5.41) is 29.0. The van der Waals surface area contributed by atoms with Crippen molar-refractivity contribution in [1.82, 2.24) is 0 Å². The van der Waals surface area contributed by atoms with Crippen molar-refractivity contribution in [2.45, 2.75) is 63.3 Å². The van der Waals surface area contributed by atoms with Gasteiger partial charge in [0.25, 0.3) is 0 Å². The van der Waals surface area contributed by atoms with Gasteiger partial charge < -0.3 is 24.8 Å². The predicted molar refractivity (Wildman–Crippen MR) is 70.6 cm³/mol. The summed E-state index contributed by atoms with van der Waals surface area (Å²) >= 11 is 4.04. The second kappa shape index (κ2) is 8.35. The Morgan fingerprint density at radius 1 is 1.06 bits per heavy atom. The van der Waals surface area contributed by atoms with Gasteiger partial charge in [-0.3, -0.25) is 0 Å². The first kappa shape index (κ1) is 16.2. The number of unbranched alkanes of at least 4 members (excludes halogenated alkanes) is 3. The van der Waals surface area contributed by atoms with E-state index in [0.717, 1.165) is 25.7 Å². The summed E-state index contributed by atoms with van der Waals surface area (Å²) in [5.74, 6) is 0.265. The molecular weight excluding hydrogens is 256 g/mol. The standard InChI is InChI=1S/C12H24O5S/c1-2-3-4-5-6-16-12-11(15)10(14)9(13)8(7-18)17-12/h8-15,18H,2-7H2,1H3/t8?,9-,10-,11?,12-/m0/s1. The monoisotopic (exact) mass is 280 g/mol. The van der Waals surface area contributed by atoms with Gasteiger partial charge in [-0.05, 0) is 6.42 Å². The molecule has 18 heavy (non-hydrogen) atoms. The average Bonchev–Trinajstić information content (AvgIpc) is 2.38. The fourth-order valence-electron chi connectivity index (χ4n) is 1.93. The number of ether oxygens (including phenoxy) is 2. The van der Waals surface area contributed by atoms with Crippen molar-refractivity contribution in [1.29, 1.82) is 0 Å². The fraction of sp³-hybridized carbons (Fsp3) is 1.00. The normalized spacial score (nSPS) is 36.8. The van der Waals surface area contributed by atoms with Crippen molar-refractivity contribution >= 4 is 12.6 Å². The largest absolute Gasteiger partial charge is 0.388 e. The van der Waals surface area contributed by atoms with Gasteiger partial charge in [0.05, 0.1) is 6.10 Å². The molecule has 1 aliphatic heterocycles. The summed E-state index contributed by atoms with van der Waals surface area (Å²) in [6.45, 7) is 2.60. The lowest BCUT2D eigenvalue weighted by atomic mass is 10.00. The molecule has 2 unspecified atom stereocenters. The van der Waals surface area contributed by atoms with Gasteiger partial charge in [-0.15, -0.1) is 0 Å². The van der Waals surface area contributed by atoms with E-state index in [0.29, 0.717) is 6.61 Å². The number of hydrogen-bond donors (Lipinski definition) is 4. The highest BCUT2D eigenvalue weighted by atomic mass is 32.1. The van der Waals surface area contributed by atoms with Crippen LogP contribution in [0.15, 0.2) is 0 Å². The van der Waals surface area contributed by atoms with Gasteiger partial charge in [0.2, 0.25) is 0 Å². The first-order chi connectivity index (χ1) is 8.61. The molecule has 0 aromatic rings. The highest BCUT2D eigenvalue weighted by Gasteiger charge is 2.43. The summed E-state index contributed by atoms with van der Waals surface area (Å²) in [6, 6.07) is 0. The zero-order valence-electron chi connectivity index (χ0n) is 10.7. The van der Waals surface area contributed by atoms with Crippen LogP contribution in [0, 0.1) is 0 Å². The van der Waals surface area contributed by atoms with Crippen LogP contribution in [0.2, 0.25) is 0 Å². The summed E-state index contributed by atoms with van der Waals surface area (Å²) in [5.41, 5.74) is 0. The molecule has 1 aliphatic rings. The Balaban J connectivity index is 2.35. The summed E-state index contributed by atoms with van der Waals surface area (Å²) in [7, 11) is 0. The van der Waals surface area contributed by atoms with E-state index in [-0.39, 0.29) is 5.75 Å². The molecule has 1 fully saturated rings. The lowest BCUT2D eigenvalue weighted by Gasteiger charge is -2.39. The second-order valence-corrected chi connectivity index (χ2v) is 4.99. The summed E-state index contributed by atoms with van der Waals surface area (Å²) in [4.78, 5) is 0. The molecule has 0 aliphatic carbocycles. The Bertz CT molecular complexity index is 227. The van der Waals surface area contributed by atoms with Crippen molar-refractivity contribution < 1.29 is 24.8 Å². The maximum atomic E-state index is 9.74. The predicted octanol–water partition coefficient (Wildman–Crippen LogP) is 0.321. The molecule has 0 spiro atoms. The quantitative estimate of drug-likeness (QED) is 0.399. The third-order valence-corrected chi connectivity index (χ3v) is 3.49. The van der Waals surface area contributed by atoms with E-state index in [2.05, 4.69) is 19.6 Å². The number of aliphatic hydroxyl groups excluding tert-OH is 3. The van der Waals surface area contributed by atoms with Crippen LogP contribution >= 0.6 is 12.6 Å². The summed E-state index contributed by atoms with van der Waals surface area (Å²) in [6.07, 6.45) is -0.843. The molecule has 1 rings (SSSR count). The number of rotatable bonds is 7. The number of aliphatic hydroxyl groups is 3. The van der Waals surface area contributed by atoms with Crippen molar-refractivity contribution in [3.8, 4) is 0 Å². The Labute approximate surface area is 114 Å². The van der Waals surface area contributed by atoms with E-state index in [1.807, 2.05) is 0 Å². The minimum absolute atomic E-state index is 0.265. The second-order valence-electron chi connectivity index (χ2n) is 4.63. The molecule has 5 atom stereocenters. The van der Waals surface area contributed by atoms with Crippen LogP contribution in [0.1, 0.15) is 32.6 Å². The molecule has 3 N–H and O–H groups in total. The highest BCUT2D eigenvalue weighted by molar-refractivity contribution is 7.80. The van der Waals surface area contributed by atoms with E-state index in [9.17, 15) is 15.3 Å². The third kappa shape index (κ3) is 4.36. The van der Waals surface area contributed by atoms with E-state index in [1.165, 1.54) is 0 Å². The van der Waals surface area contributed by atoms with Crippen LogP contribution in [0.3, 0.4) is 0 Å². The minimum Gasteiger partial charge on any atom is -0.388 e. The minimum atomic E-state index is -1.25. The summed E-state index contributed by atoms with van der Waals surface area (Å²) < 4.78 is 10.8. The van der Waals surface area contributed by atoms with Gasteiger partial charge in [0.1, 0.15) is 18.3 Å². The maximum absolute atomic E-state index is 9.74. The average molecular weight is 280 g/mol. The molecular formula is C12H24O5S. The van der Waals surface area contributed by atoms with Gasteiger partial charge in [-0.25, -0.2) is 0 Å². The SMILES string of the molecule is CCCCCCO[C@H]1OC(CS)[C@H](O)[C@H](O)C1O. The van der Waals surface area contributed by atoms with E-state index in [1.54, 1.807) is 0 Å². The number of hydrogen-bond acceptors (Lipinski definition) is 6. The smallest absolute Gasteiger partial charge is 0.186 e. The lowest BCUT2D eigenvalue weighted by Crippen LogP contribution is -2.58. The van der Waals surface area contributed by atoms with E-state index in [4.69, 9.17) is 9.47 Å². The zero-order chi connectivity index (χ0) is 13.5. The Morgan fingerprint density at radius 3 is 2.39 bits per heavy atom. The van der Waals surface area contributed by atoms with Gasteiger partial charge in [0.15, 0.2) is 6.29 Å². The van der Waals surface area contributed by atoms with Crippen LogP contribution < -0.4 is 0 Å². The Kier molecular flexibility index (Phi) is 7.51. The van der Waals surface area contributed by atoms with Crippen LogP contribution in [-0.4, -0.2) is 58.4 Å². The van der Waals surface area contributed by atoms with Gasteiger partial charge in [-0.2, -0.15) is 12.6 Å². The van der Waals surface area contributed by atoms with E-state index < -0.39 is 30.7 Å². The Morgan fingerprint density at radius 2 is 1.78 bits per heavy atom. The van der Waals surface area contributed by atoms with Crippen molar-refractivity contribution in [3.63, 3.8) is 0 Å². The highest BCUT2D eigenvalue weighted by Crippen LogP contribution is 2.23. The Hall–Kier alpha value is 0.150. The molecule has 0 saturated carbocycles. The topological polar surface area (TPSA) is 79.2 Å². The molecule has 108 valence electrons. The molecule has 6 heteroatoms. The van der Waals surface area contributed by atoms with Crippen molar-refractivity contribution in [3.05, 3.63) is 0 Å². The molecule has 0 aromatic heterocycles. The molecule has 0 aromatic carbocycles. The third-order valence-electron chi connectivity index (χ3n) is 3.13. The van der Waals surface area contributed by atoms with Crippen LogP contribution in [-0.2, 0) is 9.47 Å². The van der Waals surface area contributed by atoms with Crippen LogP contribution in [0.4, 0.5) is 0 Å². The maximum Gasteiger partial charge on any atom is 0.186 e. The van der Waals surface area contributed by atoms with Crippen molar-refractivity contribution in [2.75, 3.05) is 12.4 Å².